The van der Waals surface area contributed by atoms with E-state index >= 15 is 0 Å². The van der Waals surface area contributed by atoms with Crippen molar-refractivity contribution in [2.45, 2.75) is 49.9 Å². The van der Waals surface area contributed by atoms with Crippen LogP contribution in [0.25, 0.3) is 0 Å². The van der Waals surface area contributed by atoms with Crippen LogP contribution in [-0.4, -0.2) is 195 Å². The summed E-state index contributed by atoms with van der Waals surface area (Å²) in [6, 6.07) is 3.09. The van der Waals surface area contributed by atoms with Gasteiger partial charge in [0.1, 0.15) is 0 Å². The van der Waals surface area contributed by atoms with Crippen LogP contribution in [0.15, 0.2) is 0 Å². The van der Waals surface area contributed by atoms with Crippen molar-refractivity contribution in [2.24, 2.45) is 0 Å². The van der Waals surface area contributed by atoms with Crippen LogP contribution in [-0.2, 0) is 57.8 Å². The minimum absolute atomic E-state index is 0.128. The van der Waals surface area contributed by atoms with Crippen LogP contribution >= 0.6 is 37.2 Å². The van der Waals surface area contributed by atoms with Gasteiger partial charge in [0.15, 0.2) is 0 Å². The average Bonchev–Trinajstić information content (AvgIpc) is 4.11. The zero-order valence-electron chi connectivity index (χ0n) is 34.2. The van der Waals surface area contributed by atoms with Crippen molar-refractivity contribution < 1.29 is 68.1 Å². The number of nitrogens with zero attached hydrogens (tertiary/aromatic N) is 1. The van der Waals surface area contributed by atoms with E-state index in [4.69, 9.17) is 58.2 Å². The summed E-state index contributed by atoms with van der Waals surface area (Å²) in [5.41, 5.74) is 0. The third-order valence-electron chi connectivity index (χ3n) is 7.94. The van der Waals surface area contributed by atoms with Gasteiger partial charge in [0.25, 0.3) is 0 Å². The third-order valence-corrected chi connectivity index (χ3v) is 19.3. The number of nitrogens with one attached hydrogen (secondary N) is 1. The van der Waals surface area contributed by atoms with Crippen LogP contribution in [0.2, 0.25) is 24.2 Å². The van der Waals surface area contributed by atoms with Gasteiger partial charge in [0, 0.05) is 160 Å². The molecule has 0 aromatic carbocycles. The number of aliphatic hydroxyl groups excluding tert-OH is 2. The highest BCUT2D eigenvalue weighted by Crippen LogP contribution is 2.18. The van der Waals surface area contributed by atoms with Crippen LogP contribution in [0, 0.1) is 0 Å². The van der Waals surface area contributed by atoms with Crippen molar-refractivity contribution in [3.05, 3.63) is 0 Å². The standard InChI is InChI=1S/C14H35NO7Si2.C12H31NO6Si2.C2H4O.CH4O.I2/c1-17-23(18-2,19-3)13-7-9-15(11-12-16)10-8-14-24(20-4,21-5)22-6;1-14-20(15-2,16-3)11-7-9-13-10-8-12-21(17-4,18-5)19-6;1-2-3-1;2*1-2/h16H,7-14H2,1-6H3;13H,7-12H2,1-6H3;1-2H2;2H,1H3;. The average molecular weight is 1060 g/mol. The first-order chi connectivity index (χ1) is 25.1. The quantitative estimate of drug-likeness (QED) is 0.0413. The highest BCUT2D eigenvalue weighted by Gasteiger charge is 2.39. The Morgan fingerprint density at radius 3 is 0.904 bits per heavy atom. The van der Waals surface area contributed by atoms with Crippen molar-refractivity contribution in [3.63, 3.8) is 0 Å². The summed E-state index contributed by atoms with van der Waals surface area (Å²) in [4.78, 5) is 2.21. The molecule has 0 amide bonds. The molecule has 320 valence electrons. The van der Waals surface area contributed by atoms with Gasteiger partial charge in [-0.2, -0.15) is 0 Å². The fraction of sp³-hybridized carbons (Fsp3) is 1.00. The molecule has 0 aromatic heterocycles. The number of epoxide rings is 1. The second-order valence-corrected chi connectivity index (χ2v) is 22.9. The van der Waals surface area contributed by atoms with Gasteiger partial charge >= 0.3 is 35.2 Å². The molecule has 1 aliphatic rings. The summed E-state index contributed by atoms with van der Waals surface area (Å²) < 4.78 is 69.3. The zero-order chi connectivity index (χ0) is 40.8. The first kappa shape index (κ1) is 60.3. The Labute approximate surface area is 343 Å². The van der Waals surface area contributed by atoms with Crippen LogP contribution in [0.1, 0.15) is 25.7 Å². The number of hydrogen-bond acceptors (Lipinski definition) is 17. The molecule has 0 aromatic rings. The summed E-state index contributed by atoms with van der Waals surface area (Å²) in [5, 5.41) is 19.6. The Kier molecular flexibility index (Phi) is 47.4. The third kappa shape index (κ3) is 29.0. The molecule has 1 heterocycles. The van der Waals surface area contributed by atoms with Gasteiger partial charge in [-0.1, -0.05) is 0 Å². The lowest BCUT2D eigenvalue weighted by Crippen LogP contribution is -2.44. The summed E-state index contributed by atoms with van der Waals surface area (Å²) in [7, 11) is 10.6. The first-order valence-electron chi connectivity index (χ1n) is 16.9. The van der Waals surface area contributed by atoms with Gasteiger partial charge in [-0.15, -0.1) is 0 Å². The van der Waals surface area contributed by atoms with E-state index in [1.54, 1.807) is 85.3 Å². The molecular weight excluding hydrogens is 982 g/mol. The number of halogens is 2. The Morgan fingerprint density at radius 2 is 0.712 bits per heavy atom. The lowest BCUT2D eigenvalue weighted by Gasteiger charge is -2.28. The van der Waals surface area contributed by atoms with Crippen LogP contribution in [0.4, 0.5) is 0 Å². The summed E-state index contributed by atoms with van der Waals surface area (Å²) >= 11 is 4.24. The van der Waals surface area contributed by atoms with E-state index in [0.717, 1.165) is 96.4 Å². The van der Waals surface area contributed by atoms with Gasteiger partial charge < -0.3 is 78.3 Å². The Morgan fingerprint density at radius 1 is 0.481 bits per heavy atom. The summed E-state index contributed by atoms with van der Waals surface area (Å²) in [6.45, 7) is 6.23. The van der Waals surface area contributed by atoms with Crippen LogP contribution in [0.5, 0.6) is 0 Å². The predicted molar refractivity (Wildman–Crippen MR) is 228 cm³/mol. The van der Waals surface area contributed by atoms with Crippen molar-refractivity contribution >= 4 is 72.4 Å². The van der Waals surface area contributed by atoms with E-state index < -0.39 is 35.2 Å². The van der Waals surface area contributed by atoms with Crippen LogP contribution < -0.4 is 5.32 Å². The molecule has 52 heavy (non-hydrogen) atoms. The molecular formula is C29H74I2N2O15Si4. The van der Waals surface area contributed by atoms with E-state index in [9.17, 15) is 5.11 Å². The molecule has 1 aliphatic heterocycles. The van der Waals surface area contributed by atoms with Gasteiger partial charge in [0.2, 0.25) is 0 Å². The lowest BCUT2D eigenvalue weighted by molar-refractivity contribution is 0.118. The number of rotatable bonds is 30. The van der Waals surface area contributed by atoms with Crippen LogP contribution in [0.3, 0.4) is 0 Å². The number of aliphatic hydroxyl groups is 2. The molecule has 1 saturated heterocycles. The van der Waals surface area contributed by atoms with Gasteiger partial charge in [-0.25, -0.2) is 0 Å². The van der Waals surface area contributed by atoms with E-state index in [-0.39, 0.29) is 6.61 Å². The Bertz CT molecular complexity index is 638. The second-order valence-electron chi connectivity index (χ2n) is 10.5. The van der Waals surface area contributed by atoms with Crippen molar-refractivity contribution in [1.29, 1.82) is 0 Å². The monoisotopic (exact) mass is 1060 g/mol. The van der Waals surface area contributed by atoms with Gasteiger partial charge in [-0.3, -0.25) is 0 Å². The second kappa shape index (κ2) is 40.8. The molecule has 0 atom stereocenters. The molecule has 1 fully saturated rings. The molecule has 0 radical (unpaired) electrons. The normalized spacial score (nSPS) is 12.8. The molecule has 1 rings (SSSR count). The summed E-state index contributed by atoms with van der Waals surface area (Å²) in [6.07, 6.45) is 3.65. The lowest BCUT2D eigenvalue weighted by atomic mass is 10.3. The Balaban J connectivity index is -0.000000376. The SMILES string of the molecule is C1CO1.CO.CO[Si](CCCN(CCO)CCC[Si](OC)(OC)OC)(OC)OC.CO[Si](CCCNCCC[Si](OC)(OC)OC)(OC)OC.II. The van der Waals surface area contributed by atoms with Crippen molar-refractivity contribution in [2.75, 3.05) is 145 Å². The smallest absolute Gasteiger partial charge is 0.400 e. The maximum Gasteiger partial charge on any atom is 0.500 e. The maximum atomic E-state index is 9.26. The van der Waals surface area contributed by atoms with Gasteiger partial charge in [-0.05, 0) is 51.9 Å². The summed E-state index contributed by atoms with van der Waals surface area (Å²) in [5.74, 6) is 0. The predicted octanol–water partition coefficient (Wildman–Crippen LogP) is 3.33. The zero-order valence-corrected chi connectivity index (χ0v) is 42.5. The largest absolute Gasteiger partial charge is 0.500 e. The molecule has 3 N–H and O–H groups in total. The van der Waals surface area contributed by atoms with E-state index in [1.807, 2.05) is 0 Å². The highest BCUT2D eigenvalue weighted by atomic mass is 128. The molecule has 17 nitrogen and oxygen atoms in total. The highest BCUT2D eigenvalue weighted by molar-refractivity contribution is 15.0. The molecule has 0 bridgehead atoms. The van der Waals surface area contributed by atoms with E-state index in [1.165, 1.54) is 0 Å². The number of ether oxygens (including phenoxy) is 1. The van der Waals surface area contributed by atoms with E-state index in [0.29, 0.717) is 6.54 Å². The van der Waals surface area contributed by atoms with Crippen molar-refractivity contribution in [1.82, 2.24) is 10.2 Å². The van der Waals surface area contributed by atoms with Gasteiger partial charge in [0.05, 0.1) is 19.8 Å². The molecule has 0 saturated carbocycles. The molecule has 23 heteroatoms. The maximum absolute atomic E-state index is 9.26. The molecule has 0 unspecified atom stereocenters. The van der Waals surface area contributed by atoms with Crippen molar-refractivity contribution in [3.8, 4) is 0 Å². The Hall–Kier alpha value is 1.65. The molecule has 0 spiro atoms. The fourth-order valence-corrected chi connectivity index (χ4v) is 11.6. The fourth-order valence-electron chi connectivity index (χ4n) is 4.72. The molecule has 0 aliphatic carbocycles. The number of hydrogen-bond donors (Lipinski definition) is 3. The topological polar surface area (TPSA) is 179 Å². The van der Waals surface area contributed by atoms with E-state index in [2.05, 4.69) is 52.2 Å². The minimum atomic E-state index is -2.53. The first-order valence-corrected chi connectivity index (χ1v) is 30.9. The minimum Gasteiger partial charge on any atom is -0.400 e.